The van der Waals surface area contributed by atoms with Gasteiger partial charge in [0.15, 0.2) is 0 Å². The molecule has 0 bridgehead atoms. The van der Waals surface area contributed by atoms with E-state index in [4.69, 9.17) is 4.74 Å². The standard InChI is InChI=1S/C8H15BrO/c1-2-4-8-7(9)5-3-6-10-8/h7-8H,2-6H2,1H3/t7-,8-/m0/s1. The van der Waals surface area contributed by atoms with Crippen LogP contribution in [0.15, 0.2) is 0 Å². The maximum atomic E-state index is 5.58. The Morgan fingerprint density at radius 2 is 2.40 bits per heavy atom. The molecular weight excluding hydrogens is 192 g/mol. The lowest BCUT2D eigenvalue weighted by Crippen LogP contribution is -2.29. The summed E-state index contributed by atoms with van der Waals surface area (Å²) in [4.78, 5) is 0.612. The molecule has 1 saturated heterocycles. The number of halogens is 1. The highest BCUT2D eigenvalue weighted by Crippen LogP contribution is 2.23. The molecule has 1 fully saturated rings. The van der Waals surface area contributed by atoms with Crippen LogP contribution in [-0.2, 0) is 4.74 Å². The van der Waals surface area contributed by atoms with Crippen molar-refractivity contribution in [2.24, 2.45) is 0 Å². The van der Waals surface area contributed by atoms with Crippen molar-refractivity contribution < 1.29 is 4.74 Å². The van der Waals surface area contributed by atoms with Crippen LogP contribution in [0.1, 0.15) is 32.6 Å². The van der Waals surface area contributed by atoms with Crippen molar-refractivity contribution in [2.75, 3.05) is 6.61 Å². The van der Waals surface area contributed by atoms with E-state index >= 15 is 0 Å². The van der Waals surface area contributed by atoms with Gasteiger partial charge >= 0.3 is 0 Å². The van der Waals surface area contributed by atoms with Crippen molar-refractivity contribution in [3.63, 3.8) is 0 Å². The maximum absolute atomic E-state index is 5.58. The number of ether oxygens (including phenoxy) is 1. The van der Waals surface area contributed by atoms with Gasteiger partial charge in [-0.25, -0.2) is 0 Å². The summed E-state index contributed by atoms with van der Waals surface area (Å²) in [5.74, 6) is 0. The Kier molecular flexibility index (Phi) is 3.71. The van der Waals surface area contributed by atoms with Gasteiger partial charge in [-0.1, -0.05) is 29.3 Å². The van der Waals surface area contributed by atoms with Crippen molar-refractivity contribution in [1.29, 1.82) is 0 Å². The van der Waals surface area contributed by atoms with E-state index in [0.717, 1.165) is 6.61 Å². The Labute approximate surface area is 71.3 Å². The number of rotatable bonds is 2. The SMILES string of the molecule is CCC[C@@H]1OCCC[C@@H]1Br. The summed E-state index contributed by atoms with van der Waals surface area (Å²) >= 11 is 3.63. The van der Waals surface area contributed by atoms with E-state index in [9.17, 15) is 0 Å². The molecule has 0 aromatic carbocycles. The second-order valence-corrected chi connectivity index (χ2v) is 4.03. The minimum Gasteiger partial charge on any atom is -0.377 e. The predicted octanol–water partition coefficient (Wildman–Crippen LogP) is 2.73. The van der Waals surface area contributed by atoms with Crippen molar-refractivity contribution >= 4 is 15.9 Å². The van der Waals surface area contributed by atoms with E-state index in [-0.39, 0.29) is 0 Å². The highest BCUT2D eigenvalue weighted by molar-refractivity contribution is 9.09. The Morgan fingerprint density at radius 3 is 3.00 bits per heavy atom. The summed E-state index contributed by atoms with van der Waals surface area (Å²) in [6.07, 6.45) is 5.42. The average Bonchev–Trinajstić information content (AvgIpc) is 1.94. The molecule has 2 heteroatoms. The van der Waals surface area contributed by atoms with E-state index < -0.39 is 0 Å². The van der Waals surface area contributed by atoms with Crippen LogP contribution in [0, 0.1) is 0 Å². The molecule has 0 unspecified atom stereocenters. The van der Waals surface area contributed by atoms with Crippen LogP contribution in [0.4, 0.5) is 0 Å². The van der Waals surface area contributed by atoms with Crippen LogP contribution in [0.3, 0.4) is 0 Å². The maximum Gasteiger partial charge on any atom is 0.0699 e. The third-order valence-electron chi connectivity index (χ3n) is 1.93. The second-order valence-electron chi connectivity index (χ2n) is 2.86. The summed E-state index contributed by atoms with van der Waals surface area (Å²) in [7, 11) is 0. The molecule has 60 valence electrons. The van der Waals surface area contributed by atoms with Gasteiger partial charge in [-0.3, -0.25) is 0 Å². The van der Waals surface area contributed by atoms with Crippen molar-refractivity contribution in [2.45, 2.75) is 43.5 Å². The molecule has 1 heterocycles. The van der Waals surface area contributed by atoms with E-state index in [1.165, 1.54) is 25.7 Å². The van der Waals surface area contributed by atoms with Gasteiger partial charge in [-0.2, -0.15) is 0 Å². The molecule has 0 aromatic rings. The quantitative estimate of drug-likeness (QED) is 0.632. The summed E-state index contributed by atoms with van der Waals surface area (Å²) in [5, 5.41) is 0. The highest BCUT2D eigenvalue weighted by atomic mass is 79.9. The average molecular weight is 207 g/mol. The largest absolute Gasteiger partial charge is 0.377 e. The number of hydrogen-bond acceptors (Lipinski definition) is 1. The summed E-state index contributed by atoms with van der Waals surface area (Å²) in [6, 6.07) is 0. The zero-order valence-electron chi connectivity index (χ0n) is 6.48. The molecule has 0 aliphatic carbocycles. The lowest BCUT2D eigenvalue weighted by Gasteiger charge is -2.27. The van der Waals surface area contributed by atoms with Gasteiger partial charge in [0.2, 0.25) is 0 Å². The third-order valence-corrected chi connectivity index (χ3v) is 2.98. The monoisotopic (exact) mass is 206 g/mol. The molecule has 2 atom stereocenters. The van der Waals surface area contributed by atoms with Gasteiger partial charge in [0.05, 0.1) is 6.10 Å². The van der Waals surface area contributed by atoms with E-state index in [1.807, 2.05) is 0 Å². The van der Waals surface area contributed by atoms with Gasteiger partial charge < -0.3 is 4.74 Å². The van der Waals surface area contributed by atoms with Crippen molar-refractivity contribution in [1.82, 2.24) is 0 Å². The molecule has 0 aromatic heterocycles. The van der Waals surface area contributed by atoms with Gasteiger partial charge in [0.1, 0.15) is 0 Å². The minimum atomic E-state index is 0.485. The molecular formula is C8H15BrO. The number of hydrogen-bond donors (Lipinski definition) is 0. The molecule has 0 amide bonds. The highest BCUT2D eigenvalue weighted by Gasteiger charge is 2.21. The first kappa shape index (κ1) is 8.54. The van der Waals surface area contributed by atoms with E-state index in [2.05, 4.69) is 22.9 Å². The molecule has 1 aliphatic rings. The van der Waals surface area contributed by atoms with E-state index in [0.29, 0.717) is 10.9 Å². The van der Waals surface area contributed by atoms with Crippen LogP contribution >= 0.6 is 15.9 Å². The summed E-state index contributed by atoms with van der Waals surface area (Å²) in [6.45, 7) is 3.17. The zero-order valence-corrected chi connectivity index (χ0v) is 8.06. The van der Waals surface area contributed by atoms with Gasteiger partial charge in [0.25, 0.3) is 0 Å². The van der Waals surface area contributed by atoms with Gasteiger partial charge in [0, 0.05) is 11.4 Å². The summed E-state index contributed by atoms with van der Waals surface area (Å²) in [5.41, 5.74) is 0. The molecule has 1 rings (SSSR count). The third kappa shape index (κ3) is 2.24. The summed E-state index contributed by atoms with van der Waals surface area (Å²) < 4.78 is 5.58. The van der Waals surface area contributed by atoms with Gasteiger partial charge in [-0.05, 0) is 19.3 Å². The lowest BCUT2D eigenvalue weighted by atomic mass is 10.1. The first-order valence-corrected chi connectivity index (χ1v) is 5.02. The minimum absolute atomic E-state index is 0.485. The number of alkyl halides is 1. The Hall–Kier alpha value is 0.440. The molecule has 0 spiro atoms. The van der Waals surface area contributed by atoms with Crippen LogP contribution in [0.2, 0.25) is 0 Å². The first-order chi connectivity index (χ1) is 4.84. The molecule has 1 aliphatic heterocycles. The molecule has 1 nitrogen and oxygen atoms in total. The Balaban J connectivity index is 2.25. The van der Waals surface area contributed by atoms with Crippen molar-refractivity contribution in [3.8, 4) is 0 Å². The Morgan fingerprint density at radius 1 is 1.60 bits per heavy atom. The molecule has 0 saturated carbocycles. The fraction of sp³-hybridized carbons (Fsp3) is 1.00. The van der Waals surface area contributed by atoms with Crippen molar-refractivity contribution in [3.05, 3.63) is 0 Å². The molecule has 0 radical (unpaired) electrons. The van der Waals surface area contributed by atoms with Crippen LogP contribution in [0.25, 0.3) is 0 Å². The van der Waals surface area contributed by atoms with Crippen LogP contribution < -0.4 is 0 Å². The Bertz CT molecular complexity index is 93.3. The fourth-order valence-electron chi connectivity index (χ4n) is 1.35. The smallest absolute Gasteiger partial charge is 0.0699 e. The van der Waals surface area contributed by atoms with Crippen LogP contribution in [0.5, 0.6) is 0 Å². The van der Waals surface area contributed by atoms with E-state index in [1.54, 1.807) is 0 Å². The normalized spacial score (nSPS) is 34.2. The van der Waals surface area contributed by atoms with Crippen LogP contribution in [-0.4, -0.2) is 17.5 Å². The molecule has 10 heavy (non-hydrogen) atoms. The molecule has 0 N–H and O–H groups in total. The zero-order chi connectivity index (χ0) is 7.40. The lowest BCUT2D eigenvalue weighted by molar-refractivity contribution is 0.0175. The first-order valence-electron chi connectivity index (χ1n) is 4.10. The fourth-order valence-corrected chi connectivity index (χ4v) is 2.09. The topological polar surface area (TPSA) is 9.23 Å². The van der Waals surface area contributed by atoms with Gasteiger partial charge in [-0.15, -0.1) is 0 Å². The predicted molar refractivity (Wildman–Crippen MR) is 46.6 cm³/mol. The second kappa shape index (κ2) is 4.35.